The van der Waals surface area contributed by atoms with Gasteiger partial charge in [0.1, 0.15) is 12.0 Å². The van der Waals surface area contributed by atoms with Gasteiger partial charge in [0.2, 0.25) is 0 Å². The molecule has 0 aromatic heterocycles. The summed E-state index contributed by atoms with van der Waals surface area (Å²) in [5, 5.41) is 0. The second-order valence-corrected chi connectivity index (χ2v) is 4.53. The molecule has 0 spiro atoms. The summed E-state index contributed by atoms with van der Waals surface area (Å²) < 4.78 is 5.24. The average molecular weight is 224 g/mol. The third kappa shape index (κ3) is 3.27. The van der Waals surface area contributed by atoms with Gasteiger partial charge in [0, 0.05) is 17.1 Å². The number of hydrogen-bond donors (Lipinski definition) is 0. The van der Waals surface area contributed by atoms with Crippen molar-refractivity contribution in [3.8, 4) is 5.75 Å². The molecule has 0 fully saturated rings. The summed E-state index contributed by atoms with van der Waals surface area (Å²) >= 11 is 1.72. The van der Waals surface area contributed by atoms with Gasteiger partial charge in [0.05, 0.1) is 7.11 Å². The molecule has 82 valence electrons. The summed E-state index contributed by atoms with van der Waals surface area (Å²) in [6.45, 7) is 4.09. The van der Waals surface area contributed by atoms with Crippen molar-refractivity contribution in [3.05, 3.63) is 23.3 Å². The first-order valence-electron chi connectivity index (χ1n) is 4.90. The van der Waals surface area contributed by atoms with Crippen molar-refractivity contribution in [1.29, 1.82) is 0 Å². The Kier molecular flexibility index (Phi) is 4.69. The zero-order valence-electron chi connectivity index (χ0n) is 9.37. The van der Waals surface area contributed by atoms with E-state index >= 15 is 0 Å². The quantitative estimate of drug-likeness (QED) is 0.437. The fourth-order valence-corrected chi connectivity index (χ4v) is 2.34. The van der Waals surface area contributed by atoms with Crippen molar-refractivity contribution in [2.75, 3.05) is 12.9 Å². The number of rotatable bonds is 5. The number of hydrogen-bond acceptors (Lipinski definition) is 3. The van der Waals surface area contributed by atoms with E-state index in [1.807, 2.05) is 13.0 Å². The molecular formula is C12H16O2S. The summed E-state index contributed by atoms with van der Waals surface area (Å²) in [6.07, 6.45) is 1.56. The van der Waals surface area contributed by atoms with Crippen LogP contribution < -0.4 is 4.74 Å². The smallest absolute Gasteiger partial charge is 0.122 e. The molecular weight excluding hydrogens is 208 g/mol. The van der Waals surface area contributed by atoms with Crippen LogP contribution in [-0.4, -0.2) is 19.1 Å². The molecule has 0 aliphatic heterocycles. The maximum atomic E-state index is 10.2. The van der Waals surface area contributed by atoms with Crippen LogP contribution in [-0.2, 0) is 4.79 Å². The Bertz CT molecular complexity index is 348. The Hall–Kier alpha value is -0.960. The highest BCUT2D eigenvalue weighted by molar-refractivity contribution is 7.99. The minimum Gasteiger partial charge on any atom is -0.496 e. The van der Waals surface area contributed by atoms with Crippen LogP contribution in [0.4, 0.5) is 0 Å². The van der Waals surface area contributed by atoms with Gasteiger partial charge in [-0.2, -0.15) is 0 Å². The molecule has 0 saturated heterocycles. The van der Waals surface area contributed by atoms with E-state index in [2.05, 4.69) is 13.0 Å². The SMILES string of the molecule is COc1cc(C)c(SCCC=O)cc1C. The van der Waals surface area contributed by atoms with Crippen molar-refractivity contribution in [3.63, 3.8) is 0 Å². The summed E-state index contributed by atoms with van der Waals surface area (Å²) in [6, 6.07) is 4.15. The molecule has 0 heterocycles. The van der Waals surface area contributed by atoms with E-state index in [0.717, 1.165) is 23.4 Å². The van der Waals surface area contributed by atoms with Crippen LogP contribution in [0.25, 0.3) is 0 Å². The summed E-state index contributed by atoms with van der Waals surface area (Å²) in [5.41, 5.74) is 2.34. The molecule has 0 aliphatic rings. The molecule has 0 amide bonds. The number of methoxy groups -OCH3 is 1. The fraction of sp³-hybridized carbons (Fsp3) is 0.417. The van der Waals surface area contributed by atoms with E-state index in [1.54, 1.807) is 18.9 Å². The Morgan fingerprint density at radius 3 is 2.67 bits per heavy atom. The Labute approximate surface area is 95.0 Å². The lowest BCUT2D eigenvalue weighted by molar-refractivity contribution is -0.107. The minimum absolute atomic E-state index is 0.606. The molecule has 1 aromatic carbocycles. The van der Waals surface area contributed by atoms with Gasteiger partial charge in [-0.1, -0.05) is 0 Å². The lowest BCUT2D eigenvalue weighted by Gasteiger charge is -2.10. The summed E-state index contributed by atoms with van der Waals surface area (Å²) in [4.78, 5) is 11.4. The topological polar surface area (TPSA) is 26.3 Å². The Balaban J connectivity index is 2.80. The second-order valence-electron chi connectivity index (χ2n) is 3.39. The zero-order valence-corrected chi connectivity index (χ0v) is 10.2. The monoisotopic (exact) mass is 224 g/mol. The van der Waals surface area contributed by atoms with Crippen LogP contribution >= 0.6 is 11.8 Å². The van der Waals surface area contributed by atoms with Crippen molar-refractivity contribution >= 4 is 18.0 Å². The van der Waals surface area contributed by atoms with E-state index in [4.69, 9.17) is 4.74 Å². The van der Waals surface area contributed by atoms with Gasteiger partial charge in [0.15, 0.2) is 0 Å². The predicted octanol–water partition coefficient (Wildman–Crippen LogP) is 2.99. The van der Waals surface area contributed by atoms with Gasteiger partial charge in [-0.25, -0.2) is 0 Å². The first kappa shape index (κ1) is 12.1. The van der Waals surface area contributed by atoms with Gasteiger partial charge in [-0.15, -0.1) is 11.8 Å². The highest BCUT2D eigenvalue weighted by Gasteiger charge is 2.04. The third-order valence-electron chi connectivity index (χ3n) is 2.19. The molecule has 1 rings (SSSR count). The van der Waals surface area contributed by atoms with E-state index < -0.39 is 0 Å². The zero-order chi connectivity index (χ0) is 11.3. The molecule has 0 saturated carbocycles. The van der Waals surface area contributed by atoms with Crippen LogP contribution in [0, 0.1) is 13.8 Å². The maximum absolute atomic E-state index is 10.2. The third-order valence-corrected chi connectivity index (χ3v) is 3.38. The number of benzene rings is 1. The van der Waals surface area contributed by atoms with Gasteiger partial charge < -0.3 is 9.53 Å². The molecule has 0 radical (unpaired) electrons. The van der Waals surface area contributed by atoms with E-state index in [-0.39, 0.29) is 0 Å². The van der Waals surface area contributed by atoms with Crippen molar-refractivity contribution in [2.24, 2.45) is 0 Å². The van der Waals surface area contributed by atoms with Crippen molar-refractivity contribution in [1.82, 2.24) is 0 Å². The molecule has 1 aromatic rings. The molecule has 0 unspecified atom stereocenters. The van der Waals surface area contributed by atoms with Crippen LogP contribution in [0.3, 0.4) is 0 Å². The molecule has 0 N–H and O–H groups in total. The van der Waals surface area contributed by atoms with E-state index in [9.17, 15) is 4.79 Å². The number of carbonyl (C=O) groups excluding carboxylic acids is 1. The number of aldehydes is 1. The normalized spacial score (nSPS) is 10.1. The average Bonchev–Trinajstić information content (AvgIpc) is 2.23. The van der Waals surface area contributed by atoms with Gasteiger partial charge in [0.25, 0.3) is 0 Å². The van der Waals surface area contributed by atoms with Crippen LogP contribution in [0.15, 0.2) is 17.0 Å². The van der Waals surface area contributed by atoms with Crippen molar-refractivity contribution in [2.45, 2.75) is 25.2 Å². The molecule has 2 nitrogen and oxygen atoms in total. The number of ether oxygens (including phenoxy) is 1. The first-order chi connectivity index (χ1) is 7.19. The van der Waals surface area contributed by atoms with Crippen LogP contribution in [0.2, 0.25) is 0 Å². The van der Waals surface area contributed by atoms with Gasteiger partial charge in [-0.05, 0) is 37.1 Å². The minimum atomic E-state index is 0.606. The highest BCUT2D eigenvalue weighted by Crippen LogP contribution is 2.29. The lowest BCUT2D eigenvalue weighted by Crippen LogP contribution is -1.91. The molecule has 0 aliphatic carbocycles. The number of carbonyl (C=O) groups is 1. The van der Waals surface area contributed by atoms with Gasteiger partial charge >= 0.3 is 0 Å². The van der Waals surface area contributed by atoms with Crippen LogP contribution in [0.5, 0.6) is 5.75 Å². The van der Waals surface area contributed by atoms with Gasteiger partial charge in [-0.3, -0.25) is 0 Å². The molecule has 0 atom stereocenters. The molecule has 0 bridgehead atoms. The standard InChI is InChI=1S/C12H16O2S/c1-9-8-12(15-6-4-5-13)10(2)7-11(9)14-3/h5,7-8H,4,6H2,1-3H3. The number of aryl methyl sites for hydroxylation is 2. The Morgan fingerprint density at radius 2 is 2.07 bits per heavy atom. The predicted molar refractivity (Wildman–Crippen MR) is 63.9 cm³/mol. The summed E-state index contributed by atoms with van der Waals surface area (Å²) in [7, 11) is 1.68. The summed E-state index contributed by atoms with van der Waals surface area (Å²) in [5.74, 6) is 1.77. The first-order valence-corrected chi connectivity index (χ1v) is 5.89. The fourth-order valence-electron chi connectivity index (χ4n) is 1.36. The second kappa shape index (κ2) is 5.81. The number of thioether (sulfide) groups is 1. The van der Waals surface area contributed by atoms with Crippen LogP contribution in [0.1, 0.15) is 17.5 Å². The van der Waals surface area contributed by atoms with E-state index in [1.165, 1.54) is 10.5 Å². The Morgan fingerprint density at radius 1 is 1.33 bits per heavy atom. The van der Waals surface area contributed by atoms with E-state index in [0.29, 0.717) is 6.42 Å². The van der Waals surface area contributed by atoms with Crippen molar-refractivity contribution < 1.29 is 9.53 Å². The molecule has 3 heteroatoms. The molecule has 15 heavy (non-hydrogen) atoms. The largest absolute Gasteiger partial charge is 0.496 e. The maximum Gasteiger partial charge on any atom is 0.122 e. The lowest BCUT2D eigenvalue weighted by atomic mass is 10.1. The highest BCUT2D eigenvalue weighted by atomic mass is 32.2.